The van der Waals surface area contributed by atoms with Gasteiger partial charge in [0.1, 0.15) is 0 Å². The molecule has 1 unspecified atom stereocenters. The molecule has 0 heterocycles. The van der Waals surface area contributed by atoms with E-state index >= 15 is 0 Å². The van der Waals surface area contributed by atoms with Crippen molar-refractivity contribution in [3.63, 3.8) is 0 Å². The fraction of sp³-hybridized carbons (Fsp3) is 0.625. The minimum Gasteiger partial charge on any atom is -0.367 e. The molecule has 1 aromatic rings. The van der Waals surface area contributed by atoms with E-state index in [0.717, 1.165) is 11.2 Å². The van der Waals surface area contributed by atoms with Crippen LogP contribution in [-0.2, 0) is 4.74 Å². The lowest BCUT2D eigenvalue weighted by molar-refractivity contribution is -0.0985. The summed E-state index contributed by atoms with van der Waals surface area (Å²) in [7, 11) is 0. The molecular weight excluding hydrogens is 288 g/mol. The lowest BCUT2D eigenvalue weighted by Crippen LogP contribution is -2.39. The summed E-state index contributed by atoms with van der Waals surface area (Å²) < 4.78 is 6.42. The summed E-state index contributed by atoms with van der Waals surface area (Å²) in [6, 6.07) is 10.5. The van der Waals surface area contributed by atoms with E-state index in [4.69, 9.17) is 4.74 Å². The molecule has 100 valence electrons. The highest BCUT2D eigenvalue weighted by molar-refractivity contribution is 9.09. The Labute approximate surface area is 119 Å². The molecule has 0 aliphatic heterocycles. The third-order valence-electron chi connectivity index (χ3n) is 4.12. The molecule has 0 amide bonds. The van der Waals surface area contributed by atoms with Gasteiger partial charge in [-0.3, -0.25) is 0 Å². The molecule has 1 aliphatic carbocycles. The Balaban J connectivity index is 2.02. The van der Waals surface area contributed by atoms with Gasteiger partial charge in [-0.2, -0.15) is 0 Å². The van der Waals surface area contributed by atoms with Crippen LogP contribution in [0.25, 0.3) is 0 Å². The number of benzene rings is 1. The molecule has 0 aromatic heterocycles. The van der Waals surface area contributed by atoms with Gasteiger partial charge in [-0.05, 0) is 44.1 Å². The van der Waals surface area contributed by atoms with Gasteiger partial charge in [0.05, 0.1) is 11.7 Å². The summed E-state index contributed by atoms with van der Waals surface area (Å²) in [5.41, 5.74) is 1.32. The molecular formula is C16H23BrO. The fourth-order valence-corrected chi connectivity index (χ4v) is 3.43. The van der Waals surface area contributed by atoms with Crippen molar-refractivity contribution in [2.24, 2.45) is 5.92 Å². The molecule has 0 radical (unpaired) electrons. The first-order valence-corrected chi connectivity index (χ1v) is 8.06. The Hall–Kier alpha value is -0.340. The van der Waals surface area contributed by atoms with Crippen molar-refractivity contribution in [3.8, 4) is 0 Å². The predicted molar refractivity (Wildman–Crippen MR) is 80.1 cm³/mol. The van der Waals surface area contributed by atoms with Crippen LogP contribution in [0.3, 0.4) is 0 Å². The van der Waals surface area contributed by atoms with E-state index in [9.17, 15) is 0 Å². The van der Waals surface area contributed by atoms with Gasteiger partial charge in [0, 0.05) is 5.33 Å². The van der Waals surface area contributed by atoms with Gasteiger partial charge in [0.2, 0.25) is 0 Å². The van der Waals surface area contributed by atoms with Crippen LogP contribution in [0.15, 0.2) is 30.3 Å². The largest absolute Gasteiger partial charge is 0.367 e. The van der Waals surface area contributed by atoms with Crippen molar-refractivity contribution < 1.29 is 4.74 Å². The van der Waals surface area contributed by atoms with Crippen LogP contribution in [-0.4, -0.2) is 10.9 Å². The van der Waals surface area contributed by atoms with Crippen LogP contribution in [0, 0.1) is 5.92 Å². The second-order valence-electron chi connectivity index (χ2n) is 5.67. The first-order valence-electron chi connectivity index (χ1n) is 6.94. The molecule has 2 heteroatoms. The zero-order valence-electron chi connectivity index (χ0n) is 11.4. The minimum atomic E-state index is 0.0434. The van der Waals surface area contributed by atoms with Crippen molar-refractivity contribution in [2.75, 3.05) is 5.33 Å². The smallest absolute Gasteiger partial charge is 0.0804 e. The maximum atomic E-state index is 6.42. The van der Waals surface area contributed by atoms with Crippen molar-refractivity contribution in [1.82, 2.24) is 0 Å². The number of halogens is 1. The van der Waals surface area contributed by atoms with Gasteiger partial charge >= 0.3 is 0 Å². The first kappa shape index (κ1) is 14.1. The standard InChI is InChI=1S/C16H23BrO/c1-13-8-10-16(12-17,11-9-13)18-14(2)15-6-4-3-5-7-15/h3-7,13-14H,8-12H2,1-2H3. The van der Waals surface area contributed by atoms with E-state index in [1.54, 1.807) is 0 Å². The SMILES string of the molecule is CC1CCC(CBr)(OC(C)c2ccccc2)CC1. The highest BCUT2D eigenvalue weighted by Crippen LogP contribution is 2.39. The summed E-state index contributed by atoms with van der Waals surface area (Å²) >= 11 is 3.66. The molecule has 1 aromatic carbocycles. The Morgan fingerprint density at radius 2 is 1.89 bits per heavy atom. The fourth-order valence-electron chi connectivity index (χ4n) is 2.74. The minimum absolute atomic E-state index is 0.0434. The van der Waals surface area contributed by atoms with Crippen molar-refractivity contribution in [3.05, 3.63) is 35.9 Å². The molecule has 1 saturated carbocycles. The van der Waals surface area contributed by atoms with Gasteiger partial charge in [0.15, 0.2) is 0 Å². The Bertz CT molecular complexity index is 355. The molecule has 1 aliphatic rings. The van der Waals surface area contributed by atoms with Crippen molar-refractivity contribution in [2.45, 2.75) is 51.2 Å². The van der Waals surface area contributed by atoms with Gasteiger partial charge < -0.3 is 4.74 Å². The molecule has 18 heavy (non-hydrogen) atoms. The number of alkyl halides is 1. The number of rotatable bonds is 4. The van der Waals surface area contributed by atoms with Crippen LogP contribution >= 0.6 is 15.9 Å². The molecule has 0 spiro atoms. The summed E-state index contributed by atoms with van der Waals surface area (Å²) in [4.78, 5) is 0. The third-order valence-corrected chi connectivity index (χ3v) is 5.15. The monoisotopic (exact) mass is 310 g/mol. The van der Waals surface area contributed by atoms with E-state index in [2.05, 4.69) is 60.1 Å². The molecule has 0 saturated heterocycles. The van der Waals surface area contributed by atoms with Gasteiger partial charge in [-0.15, -0.1) is 0 Å². The van der Waals surface area contributed by atoms with Crippen LogP contribution < -0.4 is 0 Å². The Morgan fingerprint density at radius 3 is 2.44 bits per heavy atom. The first-order chi connectivity index (χ1) is 8.65. The van der Waals surface area contributed by atoms with Gasteiger partial charge in [-0.25, -0.2) is 0 Å². The van der Waals surface area contributed by atoms with E-state index in [-0.39, 0.29) is 11.7 Å². The third kappa shape index (κ3) is 3.36. The molecule has 1 fully saturated rings. The van der Waals surface area contributed by atoms with Crippen LogP contribution in [0.2, 0.25) is 0 Å². The summed E-state index contributed by atoms with van der Waals surface area (Å²) in [5.74, 6) is 0.854. The maximum Gasteiger partial charge on any atom is 0.0804 e. The quantitative estimate of drug-likeness (QED) is 0.702. The van der Waals surface area contributed by atoms with E-state index in [1.165, 1.54) is 31.2 Å². The zero-order valence-corrected chi connectivity index (χ0v) is 12.9. The number of hydrogen-bond donors (Lipinski definition) is 0. The topological polar surface area (TPSA) is 9.23 Å². The highest BCUT2D eigenvalue weighted by atomic mass is 79.9. The normalized spacial score (nSPS) is 30.1. The van der Waals surface area contributed by atoms with E-state index in [0.29, 0.717) is 0 Å². The Morgan fingerprint density at radius 1 is 1.28 bits per heavy atom. The van der Waals surface area contributed by atoms with E-state index in [1.807, 2.05) is 0 Å². The van der Waals surface area contributed by atoms with Crippen molar-refractivity contribution >= 4 is 15.9 Å². The zero-order chi connectivity index (χ0) is 13.0. The second-order valence-corrected chi connectivity index (χ2v) is 6.23. The summed E-state index contributed by atoms with van der Waals surface area (Å²) in [6.45, 7) is 4.51. The van der Waals surface area contributed by atoms with Crippen molar-refractivity contribution in [1.29, 1.82) is 0 Å². The molecule has 0 bridgehead atoms. The number of hydrogen-bond acceptors (Lipinski definition) is 1. The van der Waals surface area contributed by atoms with Crippen LogP contribution in [0.4, 0.5) is 0 Å². The summed E-state index contributed by atoms with van der Waals surface area (Å²) in [5, 5.41) is 0.948. The average Bonchev–Trinajstić information content (AvgIpc) is 2.43. The summed E-state index contributed by atoms with van der Waals surface area (Å²) in [6.07, 6.45) is 5.10. The van der Waals surface area contributed by atoms with Crippen LogP contribution in [0.5, 0.6) is 0 Å². The van der Waals surface area contributed by atoms with E-state index < -0.39 is 0 Å². The predicted octanol–water partition coefficient (Wildman–Crippen LogP) is 5.11. The Kier molecular flexibility index (Phi) is 4.85. The molecule has 2 rings (SSSR count). The average molecular weight is 311 g/mol. The second kappa shape index (κ2) is 6.21. The van der Waals surface area contributed by atoms with Gasteiger partial charge in [0.25, 0.3) is 0 Å². The number of ether oxygens (including phenoxy) is 1. The lowest BCUT2D eigenvalue weighted by atomic mass is 9.80. The van der Waals surface area contributed by atoms with Crippen LogP contribution in [0.1, 0.15) is 51.2 Å². The van der Waals surface area contributed by atoms with Gasteiger partial charge in [-0.1, -0.05) is 53.2 Å². The molecule has 1 nitrogen and oxygen atoms in total. The highest BCUT2D eigenvalue weighted by Gasteiger charge is 2.35. The lowest BCUT2D eigenvalue weighted by Gasteiger charge is -2.40. The molecule has 0 N–H and O–H groups in total. The molecule has 1 atom stereocenters. The maximum absolute atomic E-state index is 6.42.